The van der Waals surface area contributed by atoms with Gasteiger partial charge in [-0.05, 0) is 18.6 Å². The van der Waals surface area contributed by atoms with Gasteiger partial charge in [0.25, 0.3) is 5.88 Å². The lowest BCUT2D eigenvalue weighted by molar-refractivity contribution is -0.387. The maximum atomic E-state index is 11.5. The second kappa shape index (κ2) is 6.49. The maximum absolute atomic E-state index is 11.5. The van der Waals surface area contributed by atoms with Gasteiger partial charge < -0.3 is 10.1 Å². The van der Waals surface area contributed by atoms with E-state index in [1.165, 1.54) is 6.08 Å². The molecule has 0 aliphatic heterocycles. The molecule has 7 nitrogen and oxygen atoms in total. The molecule has 1 heterocycles. The second-order valence-corrected chi connectivity index (χ2v) is 4.51. The molecule has 0 unspecified atom stereocenters. The lowest BCUT2D eigenvalue weighted by Crippen LogP contribution is -2.14. The molecule has 2 rings (SSSR count). The number of aromatic amines is 1. The minimum absolute atomic E-state index is 0.0360. The molecule has 7 heteroatoms. The van der Waals surface area contributed by atoms with Crippen molar-refractivity contribution in [2.45, 2.75) is 6.92 Å². The number of nitrogens with zero attached hydrogens (tertiary/aromatic N) is 2. The van der Waals surface area contributed by atoms with Crippen molar-refractivity contribution in [2.24, 2.45) is 0 Å². The Kier molecular flexibility index (Phi) is 4.47. The Balaban J connectivity index is 2.26. The van der Waals surface area contributed by atoms with Crippen LogP contribution in [0.25, 0.3) is 12.2 Å². The Morgan fingerprint density at radius 2 is 2.05 bits per heavy atom. The van der Waals surface area contributed by atoms with Crippen LogP contribution in [0.5, 0.6) is 5.88 Å². The van der Waals surface area contributed by atoms with E-state index in [0.717, 1.165) is 11.1 Å². The number of hydrogen-bond acceptors (Lipinski definition) is 5. The van der Waals surface area contributed by atoms with E-state index in [0.29, 0.717) is 0 Å². The fourth-order valence-corrected chi connectivity index (χ4v) is 1.79. The van der Waals surface area contributed by atoms with E-state index in [-0.39, 0.29) is 5.82 Å². The molecule has 112 valence electrons. The van der Waals surface area contributed by atoms with Crippen LogP contribution in [-0.2, 0) is 0 Å². The van der Waals surface area contributed by atoms with Gasteiger partial charge in [-0.2, -0.15) is 4.98 Å². The predicted molar refractivity (Wildman–Crippen MR) is 82.3 cm³/mol. The first-order chi connectivity index (χ1) is 10.5. The van der Waals surface area contributed by atoms with E-state index in [9.17, 15) is 20.0 Å². The molecule has 0 bridgehead atoms. The minimum atomic E-state index is -0.998. The van der Waals surface area contributed by atoms with E-state index >= 15 is 0 Å². The van der Waals surface area contributed by atoms with Gasteiger partial charge in [-0.3, -0.25) is 14.9 Å². The monoisotopic (exact) mass is 299 g/mol. The summed E-state index contributed by atoms with van der Waals surface area (Å²) in [5.41, 5.74) is -0.0696. The van der Waals surface area contributed by atoms with Crippen molar-refractivity contribution in [2.75, 3.05) is 0 Å². The first-order valence-electron chi connectivity index (χ1n) is 6.36. The van der Waals surface area contributed by atoms with Crippen LogP contribution in [-0.4, -0.2) is 20.0 Å². The second-order valence-electron chi connectivity index (χ2n) is 4.51. The number of allylic oxidation sites excluding steroid dienone is 2. The molecule has 0 saturated carbocycles. The summed E-state index contributed by atoms with van der Waals surface area (Å²) in [5, 5.41) is 20.0. The van der Waals surface area contributed by atoms with Gasteiger partial charge in [0, 0.05) is 0 Å². The number of aromatic hydroxyl groups is 1. The van der Waals surface area contributed by atoms with Crippen molar-refractivity contribution in [3.63, 3.8) is 0 Å². The molecule has 0 aliphatic rings. The molecule has 0 radical (unpaired) electrons. The molecule has 0 spiro atoms. The molecule has 0 saturated heterocycles. The van der Waals surface area contributed by atoms with Crippen molar-refractivity contribution in [3.8, 4) is 5.88 Å². The summed E-state index contributed by atoms with van der Waals surface area (Å²) in [6, 6.07) is 9.62. The third-order valence-corrected chi connectivity index (χ3v) is 2.78. The van der Waals surface area contributed by atoms with Crippen LogP contribution in [0.3, 0.4) is 0 Å². The number of H-pyrrole nitrogens is 1. The van der Waals surface area contributed by atoms with Gasteiger partial charge in [-0.15, -0.1) is 0 Å². The highest BCUT2D eigenvalue weighted by Gasteiger charge is 2.21. The molecule has 1 aromatic carbocycles. The average molecular weight is 299 g/mol. The number of nitrogens with one attached hydrogen (secondary N) is 1. The zero-order valence-corrected chi connectivity index (χ0v) is 11.7. The smallest absolute Gasteiger partial charge is 0.395 e. The van der Waals surface area contributed by atoms with Gasteiger partial charge >= 0.3 is 11.2 Å². The molecule has 0 fully saturated rings. The topological polar surface area (TPSA) is 109 Å². The summed E-state index contributed by atoms with van der Waals surface area (Å²) >= 11 is 0. The Labute approximate surface area is 125 Å². The summed E-state index contributed by atoms with van der Waals surface area (Å²) in [5.74, 6) is -0.869. The summed E-state index contributed by atoms with van der Waals surface area (Å²) < 4.78 is 0. The molecule has 0 atom stereocenters. The van der Waals surface area contributed by atoms with Gasteiger partial charge in [0.15, 0.2) is 0 Å². The van der Waals surface area contributed by atoms with Crippen LogP contribution in [0.15, 0.2) is 46.8 Å². The third-order valence-electron chi connectivity index (χ3n) is 2.78. The van der Waals surface area contributed by atoms with Gasteiger partial charge in [0.05, 0.1) is 4.92 Å². The van der Waals surface area contributed by atoms with E-state index in [4.69, 9.17) is 0 Å². The molecule has 2 aromatic rings. The third kappa shape index (κ3) is 3.66. The Morgan fingerprint density at radius 3 is 2.64 bits per heavy atom. The number of nitro groups is 1. The van der Waals surface area contributed by atoms with Crippen LogP contribution in [0, 0.1) is 10.1 Å². The Morgan fingerprint density at radius 1 is 1.36 bits per heavy atom. The minimum Gasteiger partial charge on any atom is -0.488 e. The number of aromatic nitrogens is 2. The molecular weight excluding hydrogens is 286 g/mol. The normalized spacial score (nSPS) is 11.8. The highest BCUT2D eigenvalue weighted by Crippen LogP contribution is 2.17. The quantitative estimate of drug-likeness (QED) is 0.512. The first-order valence-corrected chi connectivity index (χ1v) is 6.36. The van der Waals surface area contributed by atoms with E-state index in [2.05, 4.69) is 9.97 Å². The van der Waals surface area contributed by atoms with Gasteiger partial charge in [-0.1, -0.05) is 48.1 Å². The highest BCUT2D eigenvalue weighted by atomic mass is 16.6. The highest BCUT2D eigenvalue weighted by molar-refractivity contribution is 5.59. The fraction of sp³-hybridized carbons (Fsp3) is 0.0667. The van der Waals surface area contributed by atoms with Crippen molar-refractivity contribution < 1.29 is 10.0 Å². The molecule has 1 aromatic heterocycles. The van der Waals surface area contributed by atoms with Gasteiger partial charge in [-0.25, -0.2) is 0 Å². The van der Waals surface area contributed by atoms with Crippen LogP contribution < -0.4 is 5.56 Å². The molecule has 0 aliphatic carbocycles. The van der Waals surface area contributed by atoms with E-state index < -0.39 is 22.0 Å². The first kappa shape index (κ1) is 15.2. The number of hydrogen-bond donors (Lipinski definition) is 2. The van der Waals surface area contributed by atoms with Crippen LogP contribution in [0.2, 0.25) is 0 Å². The Hall–Kier alpha value is -3.22. The van der Waals surface area contributed by atoms with E-state index in [1.54, 1.807) is 6.08 Å². The Bertz CT molecular complexity index is 807. The summed E-state index contributed by atoms with van der Waals surface area (Å²) in [6.07, 6.45) is 5.05. The molecule has 0 amide bonds. The zero-order chi connectivity index (χ0) is 16.1. The summed E-state index contributed by atoms with van der Waals surface area (Å²) in [7, 11) is 0. The summed E-state index contributed by atoms with van der Waals surface area (Å²) in [6.45, 7) is 1.85. The lowest BCUT2D eigenvalue weighted by Gasteiger charge is -1.97. The van der Waals surface area contributed by atoms with Gasteiger partial charge in [0.2, 0.25) is 0 Å². The van der Waals surface area contributed by atoms with Crippen LogP contribution >= 0.6 is 0 Å². The largest absolute Gasteiger partial charge is 0.488 e. The number of benzene rings is 1. The molecule has 2 N–H and O–H groups in total. The molecule has 22 heavy (non-hydrogen) atoms. The fourth-order valence-electron chi connectivity index (χ4n) is 1.79. The summed E-state index contributed by atoms with van der Waals surface area (Å²) in [4.78, 5) is 26.9. The van der Waals surface area contributed by atoms with Crippen molar-refractivity contribution in [3.05, 3.63) is 73.8 Å². The standard InChI is InChI=1S/C15H13N3O4/c1-10(9-11-5-3-2-4-6-11)7-8-12-16-14(19)13(18(21)22)15(20)17-12/h2-9H,1H3,(H2,16,17,19,20)/b8-7-,10-9+. The van der Waals surface area contributed by atoms with Gasteiger partial charge in [0.1, 0.15) is 5.82 Å². The number of rotatable bonds is 4. The van der Waals surface area contributed by atoms with Crippen molar-refractivity contribution >= 4 is 17.8 Å². The van der Waals surface area contributed by atoms with Crippen molar-refractivity contribution in [1.29, 1.82) is 0 Å². The SMILES string of the molecule is CC(/C=C\c1nc(O)c([N+](=O)[O-])c(=O)[nH]1)=C\c1ccccc1. The van der Waals surface area contributed by atoms with Crippen LogP contribution in [0.4, 0.5) is 5.69 Å². The lowest BCUT2D eigenvalue weighted by atomic mass is 10.1. The average Bonchev–Trinajstić information content (AvgIpc) is 2.45. The maximum Gasteiger partial charge on any atom is 0.395 e. The predicted octanol–water partition coefficient (Wildman–Crippen LogP) is 2.50. The van der Waals surface area contributed by atoms with Crippen LogP contribution in [0.1, 0.15) is 18.3 Å². The van der Waals surface area contributed by atoms with Crippen molar-refractivity contribution in [1.82, 2.24) is 9.97 Å². The van der Waals surface area contributed by atoms with E-state index in [1.807, 2.05) is 43.3 Å². The molecular formula is C15H13N3O4. The zero-order valence-electron chi connectivity index (χ0n) is 11.7.